The molecule has 120 valence electrons. The number of halogens is 3. The number of hydrogen-bond acceptors (Lipinski definition) is 5. The van der Waals surface area contributed by atoms with Crippen LogP contribution < -0.4 is 4.74 Å². The molecule has 21 heavy (non-hydrogen) atoms. The van der Waals surface area contributed by atoms with Gasteiger partial charge in [0.1, 0.15) is 12.4 Å². The first kappa shape index (κ1) is 19.0. The zero-order valence-corrected chi connectivity index (χ0v) is 14.6. The predicted molar refractivity (Wildman–Crippen MR) is 83.8 cm³/mol. The van der Waals surface area contributed by atoms with Gasteiger partial charge in [0, 0.05) is 10.9 Å². The molecule has 0 amide bonds. The summed E-state index contributed by atoms with van der Waals surface area (Å²) < 4.78 is 32.6. The third-order valence-electron chi connectivity index (χ3n) is 2.10. The van der Waals surface area contributed by atoms with Crippen LogP contribution in [0.25, 0.3) is 0 Å². The smallest absolute Gasteiger partial charge is 0.474 e. The minimum Gasteiger partial charge on any atom is -0.490 e. The fourth-order valence-electron chi connectivity index (χ4n) is 1.31. The molecule has 1 rings (SSSR count). The van der Waals surface area contributed by atoms with Crippen LogP contribution in [-0.2, 0) is 18.1 Å². The van der Waals surface area contributed by atoms with Gasteiger partial charge in [0.15, 0.2) is 0 Å². The van der Waals surface area contributed by atoms with Crippen LogP contribution in [0.15, 0.2) is 18.2 Å². The van der Waals surface area contributed by atoms with Crippen molar-refractivity contribution in [1.82, 2.24) is 0 Å². The first-order valence-corrected chi connectivity index (χ1v) is 8.93. The summed E-state index contributed by atoms with van der Waals surface area (Å²) in [6.07, 6.45) is 0. The van der Waals surface area contributed by atoms with Crippen molar-refractivity contribution < 1.29 is 22.9 Å². The number of phosphoric acid groups is 1. The average molecular weight is 378 g/mol. The number of alkyl halides is 1. The van der Waals surface area contributed by atoms with Crippen LogP contribution >= 0.6 is 42.6 Å². The number of phosphoric ester groups is 1. The molecule has 0 aromatic heterocycles. The minimum atomic E-state index is -3.60. The Labute approximate surface area is 139 Å². The van der Waals surface area contributed by atoms with E-state index in [1.165, 1.54) is 0 Å². The molecule has 0 spiro atoms. The van der Waals surface area contributed by atoms with Crippen LogP contribution in [0.4, 0.5) is 0 Å². The van der Waals surface area contributed by atoms with Crippen molar-refractivity contribution in [3.05, 3.63) is 28.2 Å². The normalized spacial score (nSPS) is 13.9. The summed E-state index contributed by atoms with van der Waals surface area (Å²) in [7, 11) is -3.60. The molecule has 0 heterocycles. The maximum Gasteiger partial charge on any atom is 0.474 e. The minimum absolute atomic E-state index is 0.0124. The highest BCUT2D eigenvalue weighted by atomic mass is 35.5. The van der Waals surface area contributed by atoms with Crippen LogP contribution in [0.1, 0.15) is 6.92 Å². The van der Waals surface area contributed by atoms with E-state index in [-0.39, 0.29) is 32.3 Å². The third-order valence-corrected chi connectivity index (χ3v) is 4.35. The van der Waals surface area contributed by atoms with Gasteiger partial charge in [-0.3, -0.25) is 13.6 Å². The van der Waals surface area contributed by atoms with Gasteiger partial charge in [-0.2, -0.15) is 0 Å². The number of ether oxygens (including phenoxy) is 1. The zero-order chi connectivity index (χ0) is 15.7. The molecule has 0 aliphatic rings. The highest BCUT2D eigenvalue weighted by molar-refractivity contribution is 7.48. The summed E-state index contributed by atoms with van der Waals surface area (Å²) in [5.41, 5.74) is 0. The maximum atomic E-state index is 12.1. The molecule has 0 saturated carbocycles. The van der Waals surface area contributed by atoms with Crippen LogP contribution in [0.3, 0.4) is 0 Å². The molecular formula is C12H16Cl3O5P. The van der Waals surface area contributed by atoms with Crippen LogP contribution in [-0.4, -0.2) is 32.3 Å². The van der Waals surface area contributed by atoms with Crippen molar-refractivity contribution in [2.24, 2.45) is 0 Å². The van der Waals surface area contributed by atoms with E-state index in [1.54, 1.807) is 25.1 Å². The Morgan fingerprint density at radius 1 is 1.10 bits per heavy atom. The second-order valence-electron chi connectivity index (χ2n) is 3.64. The number of rotatable bonds is 10. The lowest BCUT2D eigenvalue weighted by Crippen LogP contribution is -2.09. The summed E-state index contributed by atoms with van der Waals surface area (Å²) in [6, 6.07) is 4.85. The molecule has 0 radical (unpaired) electrons. The molecule has 1 atom stereocenters. The Morgan fingerprint density at radius 3 is 2.43 bits per heavy atom. The van der Waals surface area contributed by atoms with E-state index < -0.39 is 7.82 Å². The first-order chi connectivity index (χ1) is 10.0. The second kappa shape index (κ2) is 9.90. The van der Waals surface area contributed by atoms with Crippen molar-refractivity contribution in [3.63, 3.8) is 0 Å². The maximum absolute atomic E-state index is 12.1. The van der Waals surface area contributed by atoms with Crippen LogP contribution in [0.5, 0.6) is 5.75 Å². The second-order valence-corrected chi connectivity index (χ2v) is 6.53. The highest BCUT2D eigenvalue weighted by Gasteiger charge is 2.25. The topological polar surface area (TPSA) is 54.0 Å². The fourth-order valence-corrected chi connectivity index (χ4v) is 3.11. The van der Waals surface area contributed by atoms with Crippen LogP contribution in [0.2, 0.25) is 10.0 Å². The van der Waals surface area contributed by atoms with E-state index in [1.807, 2.05) is 0 Å². The summed E-state index contributed by atoms with van der Waals surface area (Å²) >= 11 is 17.2. The monoisotopic (exact) mass is 376 g/mol. The van der Waals surface area contributed by atoms with Crippen molar-refractivity contribution in [3.8, 4) is 5.75 Å². The van der Waals surface area contributed by atoms with Crippen molar-refractivity contribution in [1.29, 1.82) is 0 Å². The van der Waals surface area contributed by atoms with Crippen molar-refractivity contribution in [2.75, 3.05) is 32.3 Å². The molecule has 1 aromatic carbocycles. The van der Waals surface area contributed by atoms with E-state index in [9.17, 15) is 4.57 Å². The molecule has 0 saturated heterocycles. The largest absolute Gasteiger partial charge is 0.490 e. The number of benzene rings is 1. The summed E-state index contributed by atoms with van der Waals surface area (Å²) in [5, 5.41) is 0.896. The molecule has 0 bridgehead atoms. The van der Waals surface area contributed by atoms with E-state index >= 15 is 0 Å². The Morgan fingerprint density at radius 2 is 1.81 bits per heavy atom. The first-order valence-electron chi connectivity index (χ1n) is 6.18. The van der Waals surface area contributed by atoms with E-state index in [4.69, 9.17) is 53.1 Å². The Kier molecular flexibility index (Phi) is 8.98. The zero-order valence-electron chi connectivity index (χ0n) is 11.4. The van der Waals surface area contributed by atoms with Gasteiger partial charge in [-0.1, -0.05) is 23.2 Å². The van der Waals surface area contributed by atoms with Gasteiger partial charge >= 0.3 is 7.82 Å². The Hall–Kier alpha value is -0.000000000000000111. The molecule has 0 N–H and O–H groups in total. The predicted octanol–water partition coefficient (Wildman–Crippen LogP) is 4.79. The molecule has 5 nitrogen and oxygen atoms in total. The third kappa shape index (κ3) is 7.20. The molecule has 1 aromatic rings. The van der Waals surface area contributed by atoms with Gasteiger partial charge in [-0.15, -0.1) is 11.6 Å². The standard InChI is InChI=1S/C12H16Cl3O5P/c1-2-18-21(16,19-6-5-13)20-8-7-17-12-4-3-10(14)9-11(12)15/h3-4,9H,2,5-8H2,1H3. The molecule has 0 aliphatic heterocycles. The quantitative estimate of drug-likeness (QED) is 0.333. The van der Waals surface area contributed by atoms with E-state index in [0.717, 1.165) is 0 Å². The van der Waals surface area contributed by atoms with Gasteiger partial charge in [-0.25, -0.2) is 4.57 Å². The van der Waals surface area contributed by atoms with Crippen molar-refractivity contribution in [2.45, 2.75) is 6.92 Å². The van der Waals surface area contributed by atoms with E-state index in [2.05, 4.69) is 0 Å². The lowest BCUT2D eigenvalue weighted by atomic mass is 10.3. The van der Waals surface area contributed by atoms with Gasteiger partial charge in [-0.05, 0) is 25.1 Å². The summed E-state index contributed by atoms with van der Waals surface area (Å²) in [4.78, 5) is 0. The lowest BCUT2D eigenvalue weighted by Gasteiger charge is -2.17. The molecule has 1 unspecified atom stereocenters. The fraction of sp³-hybridized carbons (Fsp3) is 0.500. The molecular weight excluding hydrogens is 361 g/mol. The number of hydrogen-bond donors (Lipinski definition) is 0. The summed E-state index contributed by atoms with van der Waals surface area (Å²) in [6.45, 7) is 2.09. The molecule has 9 heteroatoms. The van der Waals surface area contributed by atoms with E-state index in [0.29, 0.717) is 15.8 Å². The van der Waals surface area contributed by atoms with Crippen molar-refractivity contribution >= 4 is 42.6 Å². The molecule has 0 fully saturated rings. The van der Waals surface area contributed by atoms with Gasteiger partial charge in [0.05, 0.1) is 24.8 Å². The average Bonchev–Trinajstić information content (AvgIpc) is 2.44. The molecule has 0 aliphatic carbocycles. The SMILES string of the molecule is CCOP(=O)(OCCCl)OCCOc1ccc(Cl)cc1Cl. The highest BCUT2D eigenvalue weighted by Crippen LogP contribution is 2.49. The lowest BCUT2D eigenvalue weighted by molar-refractivity contribution is 0.107. The Balaban J connectivity index is 2.42. The van der Waals surface area contributed by atoms with Gasteiger partial charge in [0.25, 0.3) is 0 Å². The van der Waals surface area contributed by atoms with Gasteiger partial charge in [0.2, 0.25) is 0 Å². The summed E-state index contributed by atoms with van der Waals surface area (Å²) in [5.74, 6) is 0.648. The Bertz CT molecular complexity index is 486. The van der Waals surface area contributed by atoms with Gasteiger partial charge < -0.3 is 4.74 Å². The van der Waals surface area contributed by atoms with Crippen LogP contribution in [0, 0.1) is 0 Å².